The highest BCUT2D eigenvalue weighted by Gasteiger charge is 2.33. The number of nitrogens with one attached hydrogen (secondary N) is 1. The first kappa shape index (κ1) is 15.8. The molecule has 6 heteroatoms. The summed E-state index contributed by atoms with van der Waals surface area (Å²) in [6.07, 6.45) is -4.44. The van der Waals surface area contributed by atoms with E-state index in [2.05, 4.69) is 21.2 Å². The number of alkyl halides is 3. The fourth-order valence-electron chi connectivity index (χ4n) is 1.92. The lowest BCUT2D eigenvalue weighted by atomic mass is 10.1. The first-order valence-corrected chi connectivity index (χ1v) is 6.92. The molecule has 0 atom stereocenters. The zero-order chi connectivity index (χ0) is 15.6. The lowest BCUT2D eigenvalue weighted by Crippen LogP contribution is -2.11. The van der Waals surface area contributed by atoms with Crippen LogP contribution in [0.1, 0.15) is 16.7 Å². The molecule has 1 nitrogen and oxygen atoms in total. The van der Waals surface area contributed by atoms with Crippen LogP contribution < -0.4 is 5.32 Å². The molecule has 0 radical (unpaired) electrons. The fraction of sp³-hybridized carbons (Fsp3) is 0.200. The van der Waals surface area contributed by atoms with Gasteiger partial charge in [-0.15, -0.1) is 0 Å². The van der Waals surface area contributed by atoms with E-state index in [4.69, 9.17) is 0 Å². The highest BCUT2D eigenvalue weighted by molar-refractivity contribution is 9.10. The average Bonchev–Trinajstić information content (AvgIpc) is 2.40. The zero-order valence-corrected chi connectivity index (χ0v) is 12.6. The molecule has 0 fully saturated rings. The van der Waals surface area contributed by atoms with Crippen LogP contribution in [0.25, 0.3) is 0 Å². The third-order valence-corrected chi connectivity index (χ3v) is 3.49. The molecule has 0 aliphatic rings. The number of rotatable bonds is 3. The van der Waals surface area contributed by atoms with Crippen molar-refractivity contribution in [3.8, 4) is 0 Å². The van der Waals surface area contributed by atoms with Crippen LogP contribution in [0.2, 0.25) is 0 Å². The van der Waals surface area contributed by atoms with Crippen LogP contribution in [0, 0.1) is 12.7 Å². The molecule has 0 unspecified atom stereocenters. The Hall–Kier alpha value is -1.56. The second kappa shape index (κ2) is 6.05. The number of hydrogen-bond acceptors (Lipinski definition) is 1. The molecule has 0 aromatic heterocycles. The molecule has 1 N–H and O–H groups in total. The summed E-state index contributed by atoms with van der Waals surface area (Å²) >= 11 is 3.03. The Morgan fingerprint density at radius 3 is 2.43 bits per heavy atom. The normalized spacial score (nSPS) is 11.5. The lowest BCUT2D eigenvalue weighted by Gasteiger charge is -2.15. The van der Waals surface area contributed by atoms with Crippen molar-refractivity contribution in [3.05, 3.63) is 63.4 Å². The molecule has 0 heterocycles. The van der Waals surface area contributed by atoms with E-state index in [0.29, 0.717) is 15.6 Å². The predicted molar refractivity (Wildman–Crippen MR) is 77.6 cm³/mol. The van der Waals surface area contributed by atoms with Crippen molar-refractivity contribution >= 4 is 21.6 Å². The molecule has 0 aliphatic heterocycles. The maximum absolute atomic E-state index is 13.2. The SMILES string of the molecule is Cc1cc(CNc2ccc(Br)cc2C(F)(F)F)ccc1F. The second-order valence-electron chi connectivity index (χ2n) is 4.62. The van der Waals surface area contributed by atoms with Crippen LogP contribution in [-0.2, 0) is 12.7 Å². The predicted octanol–water partition coefficient (Wildman–Crippen LogP) is 5.53. The Kier molecular flexibility index (Phi) is 4.56. The molecule has 0 saturated heterocycles. The van der Waals surface area contributed by atoms with Gasteiger partial charge in [-0.1, -0.05) is 28.1 Å². The summed E-state index contributed by atoms with van der Waals surface area (Å²) in [5.74, 6) is -0.335. The van der Waals surface area contributed by atoms with Crippen LogP contribution in [0.15, 0.2) is 40.9 Å². The van der Waals surface area contributed by atoms with Crippen molar-refractivity contribution < 1.29 is 17.6 Å². The number of anilines is 1. The first-order chi connectivity index (χ1) is 9.77. The summed E-state index contributed by atoms with van der Waals surface area (Å²) < 4.78 is 52.4. The van der Waals surface area contributed by atoms with Gasteiger partial charge >= 0.3 is 6.18 Å². The monoisotopic (exact) mass is 361 g/mol. The van der Waals surface area contributed by atoms with E-state index in [0.717, 1.165) is 6.07 Å². The minimum absolute atomic E-state index is 0.00678. The van der Waals surface area contributed by atoms with Crippen LogP contribution in [0.3, 0.4) is 0 Å². The summed E-state index contributed by atoms with van der Waals surface area (Å²) in [6.45, 7) is 1.80. The summed E-state index contributed by atoms with van der Waals surface area (Å²) in [5.41, 5.74) is 0.425. The van der Waals surface area contributed by atoms with Gasteiger partial charge in [0.15, 0.2) is 0 Å². The largest absolute Gasteiger partial charge is 0.418 e. The molecule has 0 spiro atoms. The molecule has 0 saturated carbocycles. The first-order valence-electron chi connectivity index (χ1n) is 6.13. The summed E-state index contributed by atoms with van der Waals surface area (Å²) in [5, 5.41) is 2.75. The number of benzene rings is 2. The Bertz CT molecular complexity index is 653. The van der Waals surface area contributed by atoms with Crippen LogP contribution in [-0.4, -0.2) is 0 Å². The van der Waals surface area contributed by atoms with Gasteiger partial charge in [-0.25, -0.2) is 4.39 Å². The van der Waals surface area contributed by atoms with Crippen molar-refractivity contribution in [3.63, 3.8) is 0 Å². The highest BCUT2D eigenvalue weighted by Crippen LogP contribution is 2.36. The molecule has 0 aliphatic carbocycles. The summed E-state index contributed by atoms with van der Waals surface area (Å²) in [6, 6.07) is 8.38. The Morgan fingerprint density at radius 1 is 1.10 bits per heavy atom. The van der Waals surface area contributed by atoms with Crippen molar-refractivity contribution in [2.45, 2.75) is 19.6 Å². The fourth-order valence-corrected chi connectivity index (χ4v) is 2.28. The molecule has 2 aromatic rings. The van der Waals surface area contributed by atoms with Crippen LogP contribution >= 0.6 is 15.9 Å². The van der Waals surface area contributed by atoms with E-state index >= 15 is 0 Å². The van der Waals surface area contributed by atoms with Crippen molar-refractivity contribution in [1.82, 2.24) is 0 Å². The van der Waals surface area contributed by atoms with Gasteiger partial charge in [0.2, 0.25) is 0 Å². The molecule has 0 amide bonds. The van der Waals surface area contributed by atoms with E-state index in [9.17, 15) is 17.6 Å². The van der Waals surface area contributed by atoms with E-state index < -0.39 is 11.7 Å². The smallest absolute Gasteiger partial charge is 0.380 e. The Balaban J connectivity index is 2.22. The van der Waals surface area contributed by atoms with Gasteiger partial charge in [0.1, 0.15) is 5.82 Å². The Morgan fingerprint density at radius 2 is 1.81 bits per heavy atom. The van der Waals surface area contributed by atoms with Gasteiger partial charge < -0.3 is 5.32 Å². The van der Waals surface area contributed by atoms with E-state index in [1.807, 2.05) is 0 Å². The third kappa shape index (κ3) is 3.97. The number of halogens is 5. The van der Waals surface area contributed by atoms with Gasteiger partial charge in [0.25, 0.3) is 0 Å². The standard InChI is InChI=1S/C15H12BrF4N/c1-9-6-10(2-4-13(9)17)8-21-14-5-3-11(16)7-12(14)15(18,19)20/h2-7,21H,8H2,1H3. The quantitative estimate of drug-likeness (QED) is 0.709. The van der Waals surface area contributed by atoms with Crippen LogP contribution in [0.5, 0.6) is 0 Å². The number of hydrogen-bond donors (Lipinski definition) is 1. The van der Waals surface area contributed by atoms with Crippen LogP contribution in [0.4, 0.5) is 23.2 Å². The molecule has 2 aromatic carbocycles. The molecular weight excluding hydrogens is 350 g/mol. The summed E-state index contributed by atoms with van der Waals surface area (Å²) in [7, 11) is 0. The molecule has 0 bridgehead atoms. The molecule has 21 heavy (non-hydrogen) atoms. The second-order valence-corrected chi connectivity index (χ2v) is 5.54. The van der Waals surface area contributed by atoms with E-state index in [1.54, 1.807) is 19.1 Å². The van der Waals surface area contributed by atoms with E-state index in [-0.39, 0.29) is 18.0 Å². The summed E-state index contributed by atoms with van der Waals surface area (Å²) in [4.78, 5) is 0. The Labute approximate surface area is 128 Å². The van der Waals surface area contributed by atoms with Gasteiger partial charge in [-0.2, -0.15) is 13.2 Å². The highest BCUT2D eigenvalue weighted by atomic mass is 79.9. The maximum Gasteiger partial charge on any atom is 0.418 e. The topological polar surface area (TPSA) is 12.0 Å². The minimum Gasteiger partial charge on any atom is -0.380 e. The lowest BCUT2D eigenvalue weighted by molar-refractivity contribution is -0.137. The maximum atomic E-state index is 13.2. The van der Waals surface area contributed by atoms with E-state index in [1.165, 1.54) is 18.2 Å². The number of aryl methyl sites for hydroxylation is 1. The zero-order valence-electron chi connectivity index (χ0n) is 11.1. The van der Waals surface area contributed by atoms with Crippen molar-refractivity contribution in [1.29, 1.82) is 0 Å². The third-order valence-electron chi connectivity index (χ3n) is 2.99. The van der Waals surface area contributed by atoms with Gasteiger partial charge in [0.05, 0.1) is 5.56 Å². The minimum atomic E-state index is -4.44. The molecule has 2 rings (SSSR count). The van der Waals surface area contributed by atoms with Gasteiger partial charge in [-0.05, 0) is 42.3 Å². The van der Waals surface area contributed by atoms with Gasteiger partial charge in [-0.3, -0.25) is 0 Å². The van der Waals surface area contributed by atoms with Crippen molar-refractivity contribution in [2.24, 2.45) is 0 Å². The average molecular weight is 362 g/mol. The van der Waals surface area contributed by atoms with Crippen molar-refractivity contribution in [2.75, 3.05) is 5.32 Å². The molecule has 112 valence electrons. The molecular formula is C15H12BrF4N. The van der Waals surface area contributed by atoms with Gasteiger partial charge in [0, 0.05) is 16.7 Å².